The normalized spacial score (nSPS) is 12.6. The van der Waals surface area contributed by atoms with Crippen LogP contribution in [-0.4, -0.2) is 27.4 Å². The monoisotopic (exact) mass is 306 g/mol. The predicted octanol–water partition coefficient (Wildman–Crippen LogP) is 2.93. The zero-order valence-electron chi connectivity index (χ0n) is 12.9. The first-order valence-corrected chi connectivity index (χ1v) is 7.80. The van der Waals surface area contributed by atoms with Crippen LogP contribution in [0.5, 0.6) is 0 Å². The first-order chi connectivity index (χ1) is 10.1. The maximum atomic E-state index is 6.37. The number of nitrogens with one attached hydrogen (secondary N) is 1. The molecular formula is C16H23ClN4. The first kappa shape index (κ1) is 16.0. The summed E-state index contributed by atoms with van der Waals surface area (Å²) >= 11 is 6.37. The first-order valence-electron chi connectivity index (χ1n) is 7.43. The number of rotatable bonds is 7. The number of aromatic nitrogens is 3. The fourth-order valence-corrected chi connectivity index (χ4v) is 2.71. The Hall–Kier alpha value is -1.39. The fourth-order valence-electron chi connectivity index (χ4n) is 2.47. The van der Waals surface area contributed by atoms with Crippen LogP contribution in [0.3, 0.4) is 0 Å². The third-order valence-corrected chi connectivity index (χ3v) is 4.06. The van der Waals surface area contributed by atoms with Crippen LogP contribution < -0.4 is 5.32 Å². The summed E-state index contributed by atoms with van der Waals surface area (Å²) < 4.78 is 1.89. The SMILES string of the molecule is CCCNC(Cc1ccccn1)Cc1c(Cl)c(C)nn1C. The van der Waals surface area contributed by atoms with Crippen LogP contribution in [0.4, 0.5) is 0 Å². The van der Waals surface area contributed by atoms with Crippen molar-refractivity contribution in [2.75, 3.05) is 6.54 Å². The number of hydrogen-bond acceptors (Lipinski definition) is 3. The smallest absolute Gasteiger partial charge is 0.0847 e. The van der Waals surface area contributed by atoms with Gasteiger partial charge in [-0.05, 0) is 32.0 Å². The summed E-state index contributed by atoms with van der Waals surface area (Å²) in [6.07, 6.45) is 4.69. The Balaban J connectivity index is 2.12. The van der Waals surface area contributed by atoms with Crippen molar-refractivity contribution in [3.8, 4) is 0 Å². The summed E-state index contributed by atoms with van der Waals surface area (Å²) in [5.41, 5.74) is 3.07. The molecule has 0 aliphatic rings. The van der Waals surface area contributed by atoms with Crippen LogP contribution in [0.25, 0.3) is 0 Å². The van der Waals surface area contributed by atoms with Crippen molar-refractivity contribution in [2.45, 2.75) is 39.2 Å². The quantitative estimate of drug-likeness (QED) is 0.855. The molecule has 2 aromatic rings. The van der Waals surface area contributed by atoms with Crippen molar-refractivity contribution in [2.24, 2.45) is 7.05 Å². The summed E-state index contributed by atoms with van der Waals surface area (Å²) in [5.74, 6) is 0. The minimum Gasteiger partial charge on any atom is -0.313 e. The molecule has 0 amide bonds. The van der Waals surface area contributed by atoms with Gasteiger partial charge in [-0.3, -0.25) is 9.67 Å². The van der Waals surface area contributed by atoms with Gasteiger partial charge < -0.3 is 5.32 Å². The number of hydrogen-bond donors (Lipinski definition) is 1. The van der Waals surface area contributed by atoms with E-state index in [1.54, 1.807) is 0 Å². The van der Waals surface area contributed by atoms with Crippen molar-refractivity contribution in [1.29, 1.82) is 0 Å². The van der Waals surface area contributed by atoms with Crippen LogP contribution in [0.15, 0.2) is 24.4 Å². The van der Waals surface area contributed by atoms with Gasteiger partial charge in [0, 0.05) is 37.8 Å². The van der Waals surface area contributed by atoms with Crippen molar-refractivity contribution in [3.63, 3.8) is 0 Å². The Bertz CT molecular complexity index is 565. The number of nitrogens with zero attached hydrogens (tertiary/aromatic N) is 3. The van der Waals surface area contributed by atoms with E-state index < -0.39 is 0 Å². The Labute approximate surface area is 131 Å². The molecule has 0 saturated heterocycles. The molecule has 0 fully saturated rings. The molecule has 2 rings (SSSR count). The highest BCUT2D eigenvalue weighted by Gasteiger charge is 2.17. The van der Waals surface area contributed by atoms with E-state index in [2.05, 4.69) is 28.4 Å². The molecule has 0 aliphatic heterocycles. The molecule has 114 valence electrons. The molecule has 2 aromatic heterocycles. The van der Waals surface area contributed by atoms with Crippen molar-refractivity contribution in [3.05, 3.63) is 46.5 Å². The third kappa shape index (κ3) is 4.29. The molecule has 1 N–H and O–H groups in total. The van der Waals surface area contributed by atoms with Gasteiger partial charge in [0.05, 0.1) is 16.4 Å². The van der Waals surface area contributed by atoms with E-state index in [9.17, 15) is 0 Å². The van der Waals surface area contributed by atoms with Gasteiger partial charge in [-0.1, -0.05) is 24.6 Å². The Morgan fingerprint density at radius 3 is 2.71 bits per heavy atom. The van der Waals surface area contributed by atoms with E-state index in [1.165, 1.54) is 0 Å². The zero-order valence-corrected chi connectivity index (χ0v) is 13.7. The van der Waals surface area contributed by atoms with Gasteiger partial charge in [-0.15, -0.1) is 0 Å². The fraction of sp³-hybridized carbons (Fsp3) is 0.500. The highest BCUT2D eigenvalue weighted by Crippen LogP contribution is 2.21. The molecule has 0 saturated carbocycles. The number of pyridine rings is 1. The standard InChI is InChI=1S/C16H23ClN4/c1-4-8-18-14(10-13-7-5-6-9-19-13)11-15-16(17)12(2)20-21(15)3/h5-7,9,14,18H,4,8,10-11H2,1-3H3. The molecule has 2 heterocycles. The molecule has 0 bridgehead atoms. The molecule has 1 atom stereocenters. The zero-order chi connectivity index (χ0) is 15.2. The van der Waals surface area contributed by atoms with Crippen molar-refractivity contribution < 1.29 is 0 Å². The highest BCUT2D eigenvalue weighted by atomic mass is 35.5. The summed E-state index contributed by atoms with van der Waals surface area (Å²) in [7, 11) is 1.95. The second kappa shape index (κ2) is 7.57. The lowest BCUT2D eigenvalue weighted by molar-refractivity contribution is 0.487. The molecule has 0 aliphatic carbocycles. The minimum atomic E-state index is 0.312. The van der Waals surface area contributed by atoms with Gasteiger partial charge in [0.1, 0.15) is 0 Å². The third-order valence-electron chi connectivity index (χ3n) is 3.57. The Morgan fingerprint density at radius 2 is 2.14 bits per heavy atom. The second-order valence-corrected chi connectivity index (χ2v) is 5.73. The Kier molecular flexibility index (Phi) is 5.76. The topological polar surface area (TPSA) is 42.7 Å². The van der Waals surface area contributed by atoms with Crippen LogP contribution >= 0.6 is 11.6 Å². The second-order valence-electron chi connectivity index (χ2n) is 5.35. The number of aryl methyl sites for hydroxylation is 2. The van der Waals surface area contributed by atoms with E-state index in [1.807, 2.05) is 37.0 Å². The molecule has 0 spiro atoms. The Morgan fingerprint density at radius 1 is 1.33 bits per heavy atom. The number of halogens is 1. The average Bonchev–Trinajstić information content (AvgIpc) is 2.72. The highest BCUT2D eigenvalue weighted by molar-refractivity contribution is 6.31. The van der Waals surface area contributed by atoms with Gasteiger partial charge in [0.25, 0.3) is 0 Å². The van der Waals surface area contributed by atoms with E-state index in [4.69, 9.17) is 11.6 Å². The average molecular weight is 307 g/mol. The summed E-state index contributed by atoms with van der Waals surface area (Å²) in [5, 5.41) is 8.76. The van der Waals surface area contributed by atoms with Gasteiger partial charge in [0.2, 0.25) is 0 Å². The molecule has 0 aromatic carbocycles. The molecule has 1 unspecified atom stereocenters. The molecule has 4 nitrogen and oxygen atoms in total. The maximum Gasteiger partial charge on any atom is 0.0847 e. The van der Waals surface area contributed by atoms with Gasteiger partial charge in [-0.2, -0.15) is 5.10 Å². The summed E-state index contributed by atoms with van der Waals surface area (Å²) in [4.78, 5) is 4.42. The van der Waals surface area contributed by atoms with Crippen molar-refractivity contribution >= 4 is 11.6 Å². The minimum absolute atomic E-state index is 0.312. The molecule has 5 heteroatoms. The van der Waals surface area contributed by atoms with E-state index >= 15 is 0 Å². The van der Waals surface area contributed by atoms with Crippen LogP contribution in [0, 0.1) is 6.92 Å². The van der Waals surface area contributed by atoms with Crippen LogP contribution in [0.2, 0.25) is 5.02 Å². The predicted molar refractivity (Wildman–Crippen MR) is 86.7 cm³/mol. The lowest BCUT2D eigenvalue weighted by atomic mass is 10.0. The van der Waals surface area contributed by atoms with E-state index in [-0.39, 0.29) is 0 Å². The van der Waals surface area contributed by atoms with E-state index in [0.29, 0.717) is 6.04 Å². The van der Waals surface area contributed by atoms with E-state index in [0.717, 1.165) is 47.9 Å². The van der Waals surface area contributed by atoms with Gasteiger partial charge in [0.15, 0.2) is 0 Å². The summed E-state index contributed by atoms with van der Waals surface area (Å²) in [6, 6.07) is 6.35. The van der Waals surface area contributed by atoms with Crippen LogP contribution in [0.1, 0.15) is 30.4 Å². The van der Waals surface area contributed by atoms with Gasteiger partial charge >= 0.3 is 0 Å². The van der Waals surface area contributed by atoms with Crippen LogP contribution in [-0.2, 0) is 19.9 Å². The molecule has 21 heavy (non-hydrogen) atoms. The lowest BCUT2D eigenvalue weighted by Crippen LogP contribution is -2.34. The van der Waals surface area contributed by atoms with Gasteiger partial charge in [-0.25, -0.2) is 0 Å². The largest absolute Gasteiger partial charge is 0.313 e. The lowest BCUT2D eigenvalue weighted by Gasteiger charge is -2.18. The molecular weight excluding hydrogens is 284 g/mol. The molecule has 0 radical (unpaired) electrons. The van der Waals surface area contributed by atoms with Crippen molar-refractivity contribution in [1.82, 2.24) is 20.1 Å². The summed E-state index contributed by atoms with van der Waals surface area (Å²) in [6.45, 7) is 5.11. The maximum absolute atomic E-state index is 6.37.